The lowest BCUT2D eigenvalue weighted by Gasteiger charge is -2.16. The maximum absolute atomic E-state index is 13.3. The van der Waals surface area contributed by atoms with Gasteiger partial charge in [0.25, 0.3) is 0 Å². The average molecular weight is 328 g/mol. The summed E-state index contributed by atoms with van der Waals surface area (Å²) in [5.41, 5.74) is 2.18. The number of halogens is 2. The summed E-state index contributed by atoms with van der Waals surface area (Å²) >= 11 is 5.23. The Morgan fingerprint density at radius 3 is 2.72 bits per heavy atom. The fraction of sp³-hybridized carbons (Fsp3) is 0.286. The maximum Gasteiger partial charge on any atom is 0.123 e. The van der Waals surface area contributed by atoms with E-state index in [1.807, 2.05) is 6.07 Å². The molecule has 0 fully saturated rings. The van der Waals surface area contributed by atoms with Crippen molar-refractivity contribution in [2.45, 2.75) is 19.9 Å². The van der Waals surface area contributed by atoms with E-state index in [4.69, 9.17) is 0 Å². The van der Waals surface area contributed by atoms with Crippen molar-refractivity contribution >= 4 is 27.3 Å². The Morgan fingerprint density at radius 1 is 1.39 bits per heavy atom. The van der Waals surface area contributed by atoms with Gasteiger partial charge in [-0.25, -0.2) is 4.39 Å². The van der Waals surface area contributed by atoms with E-state index in [1.54, 1.807) is 23.5 Å². The van der Waals surface area contributed by atoms with E-state index in [-0.39, 0.29) is 11.9 Å². The number of hydrogen-bond acceptors (Lipinski definition) is 2. The van der Waals surface area contributed by atoms with Gasteiger partial charge in [-0.2, -0.15) is 0 Å². The third-order valence-electron chi connectivity index (χ3n) is 2.75. The summed E-state index contributed by atoms with van der Waals surface area (Å²) in [4.78, 5) is 1.20. The first kappa shape index (κ1) is 13.7. The molecule has 1 unspecified atom stereocenters. The summed E-state index contributed by atoms with van der Waals surface area (Å²) in [7, 11) is 0. The number of thiophene rings is 1. The van der Waals surface area contributed by atoms with Gasteiger partial charge >= 0.3 is 0 Å². The van der Waals surface area contributed by atoms with Crippen molar-refractivity contribution < 1.29 is 4.39 Å². The van der Waals surface area contributed by atoms with Crippen LogP contribution < -0.4 is 5.32 Å². The van der Waals surface area contributed by atoms with Crippen LogP contribution in [0, 0.1) is 12.7 Å². The van der Waals surface area contributed by atoms with E-state index in [2.05, 4.69) is 41.2 Å². The van der Waals surface area contributed by atoms with Crippen molar-refractivity contribution in [3.8, 4) is 0 Å². The second-order valence-corrected chi connectivity index (χ2v) is 6.55. The minimum absolute atomic E-state index is 0.0562. The number of nitrogens with one attached hydrogen (secondary N) is 1. The van der Waals surface area contributed by atoms with Crippen LogP contribution in [0.3, 0.4) is 0 Å². The molecule has 1 aromatic heterocycles. The zero-order valence-electron chi connectivity index (χ0n) is 10.3. The molecule has 18 heavy (non-hydrogen) atoms. The Balaban J connectivity index is 2.39. The Labute approximate surface area is 119 Å². The van der Waals surface area contributed by atoms with E-state index >= 15 is 0 Å². The second-order valence-electron chi connectivity index (χ2n) is 4.15. The predicted molar refractivity (Wildman–Crippen MR) is 78.7 cm³/mol. The van der Waals surface area contributed by atoms with Gasteiger partial charge in [-0.3, -0.25) is 0 Å². The van der Waals surface area contributed by atoms with Gasteiger partial charge in [-0.15, -0.1) is 11.3 Å². The second kappa shape index (κ2) is 5.95. The van der Waals surface area contributed by atoms with Crippen molar-refractivity contribution in [2.24, 2.45) is 0 Å². The normalized spacial score (nSPS) is 12.7. The first-order chi connectivity index (χ1) is 8.61. The molecule has 0 aliphatic rings. The highest BCUT2D eigenvalue weighted by Crippen LogP contribution is 2.34. The van der Waals surface area contributed by atoms with Gasteiger partial charge in [0.15, 0.2) is 0 Å². The van der Waals surface area contributed by atoms with Crippen LogP contribution in [0.1, 0.15) is 29.0 Å². The van der Waals surface area contributed by atoms with E-state index in [0.717, 1.165) is 15.9 Å². The molecule has 0 amide bonds. The third kappa shape index (κ3) is 2.99. The van der Waals surface area contributed by atoms with Gasteiger partial charge in [0.2, 0.25) is 0 Å². The number of benzene rings is 1. The Hall–Kier alpha value is -0.710. The minimum Gasteiger partial charge on any atom is -0.306 e. The number of aryl methyl sites for hydroxylation is 1. The average Bonchev–Trinajstić information content (AvgIpc) is 2.66. The first-order valence-electron chi connectivity index (χ1n) is 5.86. The van der Waals surface area contributed by atoms with Crippen LogP contribution in [-0.2, 0) is 0 Å². The smallest absolute Gasteiger partial charge is 0.123 e. The SMILES string of the molecule is CCNC(c1cccc(F)c1)c1cc(C)c(Br)s1. The maximum atomic E-state index is 13.3. The molecular weight excluding hydrogens is 313 g/mol. The van der Waals surface area contributed by atoms with Gasteiger partial charge in [0.1, 0.15) is 5.82 Å². The van der Waals surface area contributed by atoms with Gasteiger partial charge < -0.3 is 5.32 Å². The molecular formula is C14H15BrFNS. The van der Waals surface area contributed by atoms with Crippen LogP contribution in [-0.4, -0.2) is 6.54 Å². The van der Waals surface area contributed by atoms with Crippen LogP contribution in [0.4, 0.5) is 4.39 Å². The molecule has 1 aromatic carbocycles. The molecule has 0 spiro atoms. The summed E-state index contributed by atoms with van der Waals surface area (Å²) in [6.45, 7) is 4.97. The van der Waals surface area contributed by atoms with Gasteiger partial charge in [-0.05, 0) is 58.7 Å². The van der Waals surface area contributed by atoms with E-state index < -0.39 is 0 Å². The van der Waals surface area contributed by atoms with Crippen LogP contribution in [0.25, 0.3) is 0 Å². The molecule has 1 atom stereocenters. The lowest BCUT2D eigenvalue weighted by Crippen LogP contribution is -2.21. The molecule has 0 aliphatic heterocycles. The molecule has 0 bridgehead atoms. The minimum atomic E-state index is -0.192. The Morgan fingerprint density at radius 2 is 2.17 bits per heavy atom. The Kier molecular flexibility index (Phi) is 4.54. The van der Waals surface area contributed by atoms with Gasteiger partial charge in [0.05, 0.1) is 9.83 Å². The van der Waals surface area contributed by atoms with E-state index in [0.29, 0.717) is 0 Å². The highest BCUT2D eigenvalue weighted by Gasteiger charge is 2.16. The lowest BCUT2D eigenvalue weighted by atomic mass is 10.0. The third-order valence-corrected chi connectivity index (χ3v) is 4.95. The van der Waals surface area contributed by atoms with Crippen molar-refractivity contribution in [3.63, 3.8) is 0 Å². The molecule has 1 N–H and O–H groups in total. The van der Waals surface area contributed by atoms with Gasteiger partial charge in [-0.1, -0.05) is 19.1 Å². The fourth-order valence-electron chi connectivity index (χ4n) is 1.90. The summed E-state index contributed by atoms with van der Waals surface area (Å²) < 4.78 is 14.5. The van der Waals surface area contributed by atoms with Crippen LogP contribution in [0.15, 0.2) is 34.1 Å². The van der Waals surface area contributed by atoms with Crippen LogP contribution in [0.2, 0.25) is 0 Å². The molecule has 1 nitrogen and oxygen atoms in total. The fourth-order valence-corrected chi connectivity index (χ4v) is 3.57. The predicted octanol–water partition coefficient (Wildman–Crippen LogP) is 4.66. The van der Waals surface area contributed by atoms with Crippen molar-refractivity contribution in [1.82, 2.24) is 5.32 Å². The Bertz CT molecular complexity index is 519. The zero-order valence-corrected chi connectivity index (χ0v) is 12.7. The van der Waals surface area contributed by atoms with Crippen LogP contribution in [0.5, 0.6) is 0 Å². The summed E-state index contributed by atoms with van der Waals surface area (Å²) in [5, 5.41) is 3.41. The van der Waals surface area contributed by atoms with E-state index in [9.17, 15) is 4.39 Å². The molecule has 1 heterocycles. The number of rotatable bonds is 4. The summed E-state index contributed by atoms with van der Waals surface area (Å²) in [5.74, 6) is -0.192. The number of hydrogen-bond donors (Lipinski definition) is 1. The molecule has 2 aromatic rings. The molecule has 0 saturated heterocycles. The highest BCUT2D eigenvalue weighted by atomic mass is 79.9. The van der Waals surface area contributed by atoms with Crippen LogP contribution >= 0.6 is 27.3 Å². The highest BCUT2D eigenvalue weighted by molar-refractivity contribution is 9.11. The molecule has 2 rings (SSSR count). The molecule has 4 heteroatoms. The summed E-state index contributed by atoms with van der Waals surface area (Å²) in [6, 6.07) is 8.98. The first-order valence-corrected chi connectivity index (χ1v) is 7.47. The van der Waals surface area contributed by atoms with E-state index in [1.165, 1.54) is 16.5 Å². The monoisotopic (exact) mass is 327 g/mol. The zero-order chi connectivity index (χ0) is 13.1. The van der Waals surface area contributed by atoms with Crippen molar-refractivity contribution in [1.29, 1.82) is 0 Å². The topological polar surface area (TPSA) is 12.0 Å². The lowest BCUT2D eigenvalue weighted by molar-refractivity contribution is 0.607. The molecule has 96 valence electrons. The van der Waals surface area contributed by atoms with Crippen molar-refractivity contribution in [3.05, 3.63) is 55.9 Å². The quantitative estimate of drug-likeness (QED) is 0.861. The molecule has 0 aliphatic carbocycles. The standard InChI is InChI=1S/C14H15BrFNS/c1-3-17-13(10-5-4-6-11(16)8-10)12-7-9(2)14(15)18-12/h4-8,13,17H,3H2,1-2H3. The largest absolute Gasteiger partial charge is 0.306 e. The van der Waals surface area contributed by atoms with Crippen molar-refractivity contribution in [2.75, 3.05) is 6.54 Å². The van der Waals surface area contributed by atoms with Gasteiger partial charge in [0, 0.05) is 4.88 Å². The summed E-state index contributed by atoms with van der Waals surface area (Å²) in [6.07, 6.45) is 0. The molecule has 0 radical (unpaired) electrons. The molecule has 0 saturated carbocycles.